The van der Waals surface area contributed by atoms with Gasteiger partial charge in [-0.1, -0.05) is 12.5 Å². The third kappa shape index (κ3) is 4.43. The molecule has 0 radical (unpaired) electrons. The topological polar surface area (TPSA) is 91.8 Å². The second-order valence-electron chi connectivity index (χ2n) is 7.22. The number of oxazole rings is 1. The maximum Gasteiger partial charge on any atom is 0.433 e. The quantitative estimate of drug-likeness (QED) is 0.606. The number of halogens is 3. The van der Waals surface area contributed by atoms with Gasteiger partial charge in [-0.15, -0.1) is 0 Å². The highest BCUT2D eigenvalue weighted by Crippen LogP contribution is 2.34. The molecule has 0 fully saturated rings. The van der Waals surface area contributed by atoms with Gasteiger partial charge in [-0.25, -0.2) is 4.98 Å². The first kappa shape index (κ1) is 20.6. The molecule has 158 valence electrons. The van der Waals surface area contributed by atoms with Crippen LogP contribution in [0.2, 0.25) is 0 Å². The summed E-state index contributed by atoms with van der Waals surface area (Å²) in [6, 6.07) is 10.2. The minimum absolute atomic E-state index is 0.0607. The molecule has 1 atom stereocenters. The molecule has 1 N–H and O–H groups in total. The number of hydrogen-bond donors (Lipinski definition) is 1. The summed E-state index contributed by atoms with van der Waals surface area (Å²) in [4.78, 5) is 20.5. The van der Waals surface area contributed by atoms with E-state index in [9.17, 15) is 18.0 Å². The second kappa shape index (κ2) is 8.22. The Morgan fingerprint density at radius 1 is 1.23 bits per heavy atom. The number of hydrogen-bond acceptors (Lipinski definition) is 5. The minimum atomic E-state index is -4.58. The lowest BCUT2D eigenvalue weighted by atomic mass is 10.1. The van der Waals surface area contributed by atoms with E-state index in [1.807, 2.05) is 6.07 Å². The molecule has 0 saturated heterocycles. The van der Waals surface area contributed by atoms with Gasteiger partial charge in [-0.3, -0.25) is 9.78 Å². The number of pyridine rings is 1. The lowest BCUT2D eigenvalue weighted by Gasteiger charge is -2.15. The second-order valence-corrected chi connectivity index (χ2v) is 7.22. The average Bonchev–Trinajstić information content (AvgIpc) is 3.11. The lowest BCUT2D eigenvalue weighted by Crippen LogP contribution is -2.29. The fraction of sp³-hybridized carbons (Fsp3) is 0.273. The van der Waals surface area contributed by atoms with Gasteiger partial charge in [0.05, 0.1) is 17.7 Å². The van der Waals surface area contributed by atoms with Crippen LogP contribution in [0.5, 0.6) is 0 Å². The average molecular weight is 426 g/mol. The monoisotopic (exact) mass is 426 g/mol. The largest absolute Gasteiger partial charge is 0.441 e. The van der Waals surface area contributed by atoms with E-state index in [0.29, 0.717) is 35.4 Å². The van der Waals surface area contributed by atoms with Crippen molar-refractivity contribution >= 4 is 5.91 Å². The molecule has 1 aliphatic carbocycles. The van der Waals surface area contributed by atoms with Gasteiger partial charge in [-0.2, -0.15) is 18.4 Å². The van der Waals surface area contributed by atoms with E-state index in [-0.39, 0.29) is 17.4 Å². The number of nitriles is 1. The molecule has 0 aliphatic heterocycles. The van der Waals surface area contributed by atoms with Gasteiger partial charge < -0.3 is 9.73 Å². The van der Waals surface area contributed by atoms with Crippen LogP contribution in [0, 0.1) is 11.3 Å². The van der Waals surface area contributed by atoms with E-state index in [1.165, 1.54) is 12.1 Å². The van der Waals surface area contributed by atoms with Crippen LogP contribution in [-0.2, 0) is 12.6 Å². The van der Waals surface area contributed by atoms with Gasteiger partial charge in [0.1, 0.15) is 17.1 Å². The molecule has 31 heavy (non-hydrogen) atoms. The Balaban J connectivity index is 1.63. The molecule has 4 rings (SSSR count). The molecule has 0 spiro atoms. The molecule has 1 aliphatic rings. The molecule has 0 bridgehead atoms. The van der Waals surface area contributed by atoms with Gasteiger partial charge in [0.2, 0.25) is 5.89 Å². The zero-order valence-corrected chi connectivity index (χ0v) is 16.2. The zero-order chi connectivity index (χ0) is 22.0. The molecule has 6 nitrogen and oxygen atoms in total. The van der Waals surface area contributed by atoms with Crippen molar-refractivity contribution < 1.29 is 22.4 Å². The highest BCUT2D eigenvalue weighted by Gasteiger charge is 2.33. The number of fused-ring (bicyclic) bond motifs is 1. The SMILES string of the molecule is N#Cc1cccc(C(=O)NC2CCCCc3oc(-c4ccnc(C(F)(F)F)c4)nc32)c1. The standard InChI is InChI=1S/C22H17F3N4O2/c23-22(24,25)18-11-15(8-9-27-18)21-29-19-16(6-1-2-7-17(19)31-21)28-20(30)14-5-3-4-13(10-14)12-26/h3-5,8-11,16H,1-2,6-7H2,(H,28,30). The first-order chi connectivity index (χ1) is 14.8. The molecule has 1 unspecified atom stereocenters. The van der Waals surface area contributed by atoms with Crippen molar-refractivity contribution in [3.8, 4) is 17.5 Å². The van der Waals surface area contributed by atoms with Crippen molar-refractivity contribution in [3.63, 3.8) is 0 Å². The maximum absolute atomic E-state index is 13.0. The number of carbonyl (C=O) groups excluding carboxylic acids is 1. The van der Waals surface area contributed by atoms with Crippen LogP contribution < -0.4 is 5.32 Å². The van der Waals surface area contributed by atoms with Crippen molar-refractivity contribution in [2.24, 2.45) is 0 Å². The smallest absolute Gasteiger partial charge is 0.433 e. The normalized spacial score (nSPS) is 16.1. The third-order valence-electron chi connectivity index (χ3n) is 5.06. The maximum atomic E-state index is 13.0. The van der Waals surface area contributed by atoms with Crippen LogP contribution in [0.3, 0.4) is 0 Å². The summed E-state index contributed by atoms with van der Waals surface area (Å²) in [5, 5.41) is 12.0. The lowest BCUT2D eigenvalue weighted by molar-refractivity contribution is -0.141. The van der Waals surface area contributed by atoms with Crippen LogP contribution >= 0.6 is 0 Å². The number of alkyl halides is 3. The Kier molecular flexibility index (Phi) is 5.46. The van der Waals surface area contributed by atoms with Gasteiger partial charge in [0, 0.05) is 23.7 Å². The van der Waals surface area contributed by atoms with Gasteiger partial charge in [-0.05, 0) is 43.2 Å². The molecular weight excluding hydrogens is 409 g/mol. The van der Waals surface area contributed by atoms with E-state index < -0.39 is 17.9 Å². The molecular formula is C22H17F3N4O2. The number of aryl methyl sites for hydroxylation is 1. The van der Waals surface area contributed by atoms with Crippen molar-refractivity contribution in [1.82, 2.24) is 15.3 Å². The molecule has 9 heteroatoms. The van der Waals surface area contributed by atoms with Crippen LogP contribution in [0.1, 0.15) is 58.4 Å². The Hall–Kier alpha value is -3.67. The number of nitrogens with zero attached hydrogens (tertiary/aromatic N) is 3. The molecule has 2 aromatic heterocycles. The fourth-order valence-corrected chi connectivity index (χ4v) is 3.54. The third-order valence-corrected chi connectivity index (χ3v) is 5.06. The summed E-state index contributed by atoms with van der Waals surface area (Å²) in [5.41, 5.74) is 0.374. The summed E-state index contributed by atoms with van der Waals surface area (Å²) < 4.78 is 44.8. The molecule has 1 aromatic carbocycles. The van der Waals surface area contributed by atoms with Crippen LogP contribution in [0.25, 0.3) is 11.5 Å². The van der Waals surface area contributed by atoms with Gasteiger partial charge >= 0.3 is 6.18 Å². The van der Waals surface area contributed by atoms with Gasteiger partial charge in [0.15, 0.2) is 0 Å². The van der Waals surface area contributed by atoms with Crippen LogP contribution in [-0.4, -0.2) is 15.9 Å². The van der Waals surface area contributed by atoms with Gasteiger partial charge in [0.25, 0.3) is 5.91 Å². The number of aromatic nitrogens is 2. The van der Waals surface area contributed by atoms with E-state index >= 15 is 0 Å². The van der Waals surface area contributed by atoms with Crippen molar-refractivity contribution in [2.45, 2.75) is 37.9 Å². The number of amides is 1. The van der Waals surface area contributed by atoms with Crippen LogP contribution in [0.4, 0.5) is 13.2 Å². The fourth-order valence-electron chi connectivity index (χ4n) is 3.54. The van der Waals surface area contributed by atoms with E-state index in [2.05, 4.69) is 15.3 Å². The van der Waals surface area contributed by atoms with Crippen LogP contribution in [0.15, 0.2) is 47.0 Å². The summed E-state index contributed by atoms with van der Waals surface area (Å²) in [6.45, 7) is 0. The Morgan fingerprint density at radius 3 is 2.84 bits per heavy atom. The number of nitrogens with one attached hydrogen (secondary N) is 1. The van der Waals surface area contributed by atoms with Crippen molar-refractivity contribution in [1.29, 1.82) is 5.26 Å². The van der Waals surface area contributed by atoms with E-state index in [4.69, 9.17) is 9.68 Å². The first-order valence-corrected chi connectivity index (χ1v) is 9.69. The molecule has 1 amide bonds. The Bertz CT molecular complexity index is 1160. The first-order valence-electron chi connectivity index (χ1n) is 9.69. The van der Waals surface area contributed by atoms with E-state index in [1.54, 1.807) is 18.2 Å². The van der Waals surface area contributed by atoms with Crippen molar-refractivity contribution in [2.75, 3.05) is 0 Å². The molecule has 2 heterocycles. The molecule has 0 saturated carbocycles. The number of rotatable bonds is 3. The summed E-state index contributed by atoms with van der Waals surface area (Å²) in [7, 11) is 0. The predicted molar refractivity (Wildman–Crippen MR) is 104 cm³/mol. The van der Waals surface area contributed by atoms with E-state index in [0.717, 1.165) is 25.1 Å². The van der Waals surface area contributed by atoms with Crippen molar-refractivity contribution in [3.05, 3.63) is 70.9 Å². The number of benzene rings is 1. The summed E-state index contributed by atoms with van der Waals surface area (Å²) >= 11 is 0. The molecule has 3 aromatic rings. The highest BCUT2D eigenvalue weighted by molar-refractivity contribution is 5.94. The summed E-state index contributed by atoms with van der Waals surface area (Å²) in [5.74, 6) is 0.252. The Labute approximate surface area is 175 Å². The minimum Gasteiger partial charge on any atom is -0.441 e. The Morgan fingerprint density at radius 2 is 2.06 bits per heavy atom. The highest BCUT2D eigenvalue weighted by atomic mass is 19.4. The summed E-state index contributed by atoms with van der Waals surface area (Å²) in [6.07, 6.45) is -0.675. The predicted octanol–water partition coefficient (Wildman–Crippen LogP) is 4.82. The number of carbonyl (C=O) groups is 1. The zero-order valence-electron chi connectivity index (χ0n) is 16.2.